The summed E-state index contributed by atoms with van der Waals surface area (Å²) in [5.74, 6) is -0.295. The molecule has 0 radical (unpaired) electrons. The van der Waals surface area contributed by atoms with Crippen LogP contribution in [0, 0.1) is 12.7 Å². The second kappa shape index (κ2) is 11.3. The number of benzene rings is 1. The first-order valence-electron chi connectivity index (χ1n) is 11.7. The van der Waals surface area contributed by atoms with Crippen molar-refractivity contribution in [2.75, 3.05) is 35.6 Å². The first-order valence-corrected chi connectivity index (χ1v) is 13.6. The van der Waals surface area contributed by atoms with E-state index in [4.69, 9.17) is 9.72 Å². The largest absolute Gasteiger partial charge is 0.378 e. The molecular formula is C25H34FN3O4S. The summed E-state index contributed by atoms with van der Waals surface area (Å²) in [6.07, 6.45) is 4.01. The molecule has 0 amide bonds. The van der Waals surface area contributed by atoms with E-state index in [2.05, 4.69) is 9.62 Å². The van der Waals surface area contributed by atoms with Gasteiger partial charge in [0, 0.05) is 37.7 Å². The molecule has 186 valence electrons. The minimum Gasteiger partial charge on any atom is -0.378 e. The Bertz CT molecular complexity index is 1120. The van der Waals surface area contributed by atoms with Gasteiger partial charge in [-0.1, -0.05) is 19.1 Å². The van der Waals surface area contributed by atoms with Crippen LogP contribution in [0.3, 0.4) is 0 Å². The topological polar surface area (TPSA) is 88.6 Å². The van der Waals surface area contributed by atoms with E-state index in [0.29, 0.717) is 18.4 Å². The molecule has 1 N–H and O–H groups in total. The number of ketones is 1. The van der Waals surface area contributed by atoms with Crippen LogP contribution in [0.5, 0.6) is 0 Å². The van der Waals surface area contributed by atoms with E-state index in [-0.39, 0.29) is 17.6 Å². The molecule has 1 saturated heterocycles. The van der Waals surface area contributed by atoms with Crippen molar-refractivity contribution in [3.05, 3.63) is 53.0 Å². The molecule has 1 aromatic carbocycles. The Morgan fingerprint density at radius 3 is 2.59 bits per heavy atom. The lowest BCUT2D eigenvalue weighted by atomic mass is 9.92. The fourth-order valence-electron chi connectivity index (χ4n) is 4.25. The lowest BCUT2D eigenvalue weighted by Gasteiger charge is -2.34. The summed E-state index contributed by atoms with van der Waals surface area (Å²) < 4.78 is 45.0. The molecule has 3 rings (SSSR count). The Hall–Kier alpha value is -2.52. The molecule has 7 nitrogen and oxygen atoms in total. The highest BCUT2D eigenvalue weighted by Gasteiger charge is 2.23. The smallest absolute Gasteiger partial charge is 0.229 e. The predicted octanol–water partition coefficient (Wildman–Crippen LogP) is 4.21. The lowest BCUT2D eigenvalue weighted by Crippen LogP contribution is -2.38. The van der Waals surface area contributed by atoms with E-state index in [1.807, 2.05) is 26.0 Å². The average Bonchev–Trinajstić information content (AvgIpc) is 2.79. The van der Waals surface area contributed by atoms with E-state index in [1.54, 1.807) is 13.0 Å². The number of carbonyl (C=O) groups is 1. The van der Waals surface area contributed by atoms with Crippen LogP contribution in [0.2, 0.25) is 0 Å². The van der Waals surface area contributed by atoms with Gasteiger partial charge in [-0.25, -0.2) is 17.8 Å². The second-order valence-electron chi connectivity index (χ2n) is 8.88. The van der Waals surface area contributed by atoms with Gasteiger partial charge in [-0.05, 0) is 62.4 Å². The molecule has 2 heterocycles. The summed E-state index contributed by atoms with van der Waals surface area (Å²) in [5.41, 5.74) is 2.35. The zero-order chi connectivity index (χ0) is 24.9. The number of sulfonamides is 1. The molecule has 1 aromatic heterocycles. The Morgan fingerprint density at radius 1 is 1.26 bits per heavy atom. The highest BCUT2D eigenvalue weighted by molar-refractivity contribution is 7.92. The number of nitrogens with one attached hydrogen (secondary N) is 1. The molecule has 0 aliphatic carbocycles. The third-order valence-corrected chi connectivity index (χ3v) is 6.74. The van der Waals surface area contributed by atoms with Gasteiger partial charge < -0.3 is 9.64 Å². The number of carbonyl (C=O) groups excluding carboxylic acids is 1. The molecular weight excluding hydrogens is 457 g/mol. The third kappa shape index (κ3) is 6.99. The quantitative estimate of drug-likeness (QED) is 0.536. The minimum absolute atomic E-state index is 0.00944. The maximum Gasteiger partial charge on any atom is 0.229 e. The van der Waals surface area contributed by atoms with Crippen LogP contribution in [-0.2, 0) is 26.0 Å². The van der Waals surface area contributed by atoms with Gasteiger partial charge in [0.05, 0.1) is 18.0 Å². The zero-order valence-electron chi connectivity index (χ0n) is 20.3. The van der Waals surface area contributed by atoms with Crippen molar-refractivity contribution >= 4 is 27.3 Å². The van der Waals surface area contributed by atoms with Crippen molar-refractivity contribution in [3.63, 3.8) is 0 Å². The molecule has 0 saturated carbocycles. The first kappa shape index (κ1) is 26.1. The number of aryl methyl sites for hydroxylation is 2. The Balaban J connectivity index is 1.66. The maximum atomic E-state index is 14.4. The summed E-state index contributed by atoms with van der Waals surface area (Å²) in [6.45, 7) is 8.18. The number of piperidine rings is 1. The van der Waals surface area contributed by atoms with Gasteiger partial charge in [-0.2, -0.15) is 0 Å². The van der Waals surface area contributed by atoms with Crippen molar-refractivity contribution in [1.82, 2.24) is 4.98 Å². The van der Waals surface area contributed by atoms with E-state index in [0.717, 1.165) is 55.9 Å². The predicted molar refractivity (Wildman–Crippen MR) is 132 cm³/mol. The Morgan fingerprint density at radius 2 is 1.97 bits per heavy atom. The standard InChI is InChI=1S/C25H34FN3O4S/c1-5-33-21-12-14-29(15-13-21)25-19(7-6-17(2)27-25)9-11-24(30)18(3)20-8-10-23(22(26)16-20)28-34(4,31)32/h6-8,10,16,18,21,28H,5,9,11-15H2,1-4H3. The number of hydrogen-bond donors (Lipinski definition) is 1. The Labute approximate surface area is 201 Å². The molecule has 0 bridgehead atoms. The van der Waals surface area contributed by atoms with Crippen LogP contribution >= 0.6 is 0 Å². The van der Waals surface area contributed by atoms with Gasteiger partial charge in [-0.3, -0.25) is 9.52 Å². The zero-order valence-corrected chi connectivity index (χ0v) is 21.1. The Kier molecular flexibility index (Phi) is 8.65. The van der Waals surface area contributed by atoms with Crippen LogP contribution in [-0.4, -0.2) is 51.2 Å². The molecule has 1 fully saturated rings. The summed E-state index contributed by atoms with van der Waals surface area (Å²) in [6, 6.07) is 8.15. The van der Waals surface area contributed by atoms with Crippen LogP contribution in [0.25, 0.3) is 0 Å². The van der Waals surface area contributed by atoms with Gasteiger partial charge in [-0.15, -0.1) is 0 Å². The lowest BCUT2D eigenvalue weighted by molar-refractivity contribution is -0.120. The van der Waals surface area contributed by atoms with Crippen molar-refractivity contribution in [3.8, 4) is 0 Å². The molecule has 1 aliphatic heterocycles. The molecule has 1 atom stereocenters. The second-order valence-corrected chi connectivity index (χ2v) is 10.6. The number of halogens is 1. The normalized spacial score (nSPS) is 15.9. The van der Waals surface area contributed by atoms with E-state index in [9.17, 15) is 17.6 Å². The van der Waals surface area contributed by atoms with Crippen LogP contribution in [0.15, 0.2) is 30.3 Å². The number of nitrogens with zero attached hydrogens (tertiary/aromatic N) is 2. The molecule has 1 aliphatic rings. The van der Waals surface area contributed by atoms with E-state index < -0.39 is 21.8 Å². The van der Waals surface area contributed by atoms with Crippen LogP contribution in [0.4, 0.5) is 15.9 Å². The van der Waals surface area contributed by atoms with Gasteiger partial charge in [0.2, 0.25) is 10.0 Å². The van der Waals surface area contributed by atoms with Gasteiger partial charge in [0.25, 0.3) is 0 Å². The SMILES string of the molecule is CCOC1CCN(c2nc(C)ccc2CCC(=O)C(C)c2ccc(NS(C)(=O)=O)c(F)c2)CC1. The fourth-order valence-corrected chi connectivity index (χ4v) is 4.82. The highest BCUT2D eigenvalue weighted by atomic mass is 32.2. The van der Waals surface area contributed by atoms with E-state index in [1.165, 1.54) is 12.1 Å². The minimum atomic E-state index is -3.58. The summed E-state index contributed by atoms with van der Waals surface area (Å²) in [4.78, 5) is 20.0. The number of anilines is 2. The third-order valence-electron chi connectivity index (χ3n) is 6.15. The summed E-state index contributed by atoms with van der Waals surface area (Å²) >= 11 is 0. The molecule has 2 aromatic rings. The number of ether oxygens (including phenoxy) is 1. The summed E-state index contributed by atoms with van der Waals surface area (Å²) in [5, 5.41) is 0. The first-order chi connectivity index (χ1) is 16.1. The molecule has 1 unspecified atom stereocenters. The van der Waals surface area contributed by atoms with Crippen molar-refractivity contribution in [1.29, 1.82) is 0 Å². The number of rotatable bonds is 10. The number of hydrogen-bond acceptors (Lipinski definition) is 6. The maximum absolute atomic E-state index is 14.4. The van der Waals surface area contributed by atoms with Crippen LogP contribution in [0.1, 0.15) is 55.8 Å². The van der Waals surface area contributed by atoms with Crippen molar-refractivity contribution in [2.24, 2.45) is 0 Å². The monoisotopic (exact) mass is 491 g/mol. The van der Waals surface area contributed by atoms with Gasteiger partial charge >= 0.3 is 0 Å². The molecule has 0 spiro atoms. The van der Waals surface area contributed by atoms with Gasteiger partial charge in [0.1, 0.15) is 17.4 Å². The molecule has 9 heteroatoms. The van der Waals surface area contributed by atoms with Crippen LogP contribution < -0.4 is 9.62 Å². The van der Waals surface area contributed by atoms with Crippen molar-refractivity contribution in [2.45, 2.75) is 58.5 Å². The summed E-state index contributed by atoms with van der Waals surface area (Å²) in [7, 11) is -3.58. The highest BCUT2D eigenvalue weighted by Crippen LogP contribution is 2.27. The number of Topliss-reactive ketones (excluding diaryl/α,β-unsaturated/α-hetero) is 1. The fraction of sp³-hybridized carbons (Fsp3) is 0.520. The van der Waals surface area contributed by atoms with Crippen molar-refractivity contribution < 1.29 is 22.3 Å². The molecule has 34 heavy (non-hydrogen) atoms. The number of aromatic nitrogens is 1. The number of pyridine rings is 1. The van der Waals surface area contributed by atoms with Gasteiger partial charge in [0.15, 0.2) is 0 Å². The van der Waals surface area contributed by atoms with E-state index >= 15 is 0 Å². The average molecular weight is 492 g/mol.